The Labute approximate surface area is 166 Å². The maximum absolute atomic E-state index is 12.4. The van der Waals surface area contributed by atoms with Crippen LogP contribution in [0.2, 0.25) is 0 Å². The largest absolute Gasteiger partial charge is 0.341 e. The molecule has 3 rings (SSSR count). The second-order valence-corrected chi connectivity index (χ2v) is 8.65. The molecule has 1 saturated heterocycles. The number of aldehydes is 1. The van der Waals surface area contributed by atoms with Gasteiger partial charge in [-0.25, -0.2) is 0 Å². The van der Waals surface area contributed by atoms with E-state index < -0.39 is 11.9 Å². The Hall–Kier alpha value is -1.51. The standard InChI is InChI=1S/C16H12IN3O3S2/c17-9-3-1-2-4-11(9)25-12-8-24-16-14(19-13(22)5-6-18)15(23)20(16)10(12)7-21/h1-4,7,14,16H,5,8H2,(H,19,22)/t14-,16-/m1/s1. The Morgan fingerprint density at radius 2 is 2.28 bits per heavy atom. The monoisotopic (exact) mass is 485 g/mol. The third kappa shape index (κ3) is 3.56. The number of hydrogen-bond acceptors (Lipinski definition) is 6. The molecule has 0 aliphatic carbocycles. The molecule has 128 valence electrons. The first kappa shape index (κ1) is 18.3. The molecule has 1 N–H and O–H groups in total. The Morgan fingerprint density at radius 3 is 2.96 bits per heavy atom. The van der Waals surface area contributed by atoms with Crippen molar-refractivity contribution in [3.05, 3.63) is 38.4 Å². The smallest absolute Gasteiger partial charge is 0.253 e. The van der Waals surface area contributed by atoms with Gasteiger partial charge in [0.15, 0.2) is 6.29 Å². The van der Waals surface area contributed by atoms with Gasteiger partial charge < -0.3 is 5.32 Å². The van der Waals surface area contributed by atoms with Crippen LogP contribution >= 0.6 is 46.1 Å². The number of hydrogen-bond donors (Lipinski definition) is 1. The summed E-state index contributed by atoms with van der Waals surface area (Å²) in [6, 6.07) is 8.91. The predicted molar refractivity (Wildman–Crippen MR) is 103 cm³/mol. The van der Waals surface area contributed by atoms with E-state index in [2.05, 4.69) is 27.9 Å². The molecule has 1 aromatic rings. The molecule has 0 saturated carbocycles. The highest BCUT2D eigenvalue weighted by Crippen LogP contribution is 2.45. The third-order valence-electron chi connectivity index (χ3n) is 3.71. The SMILES string of the molecule is N#CCC(=O)N[C@@H]1C(=O)N2C(C=O)=C(Sc3ccccc3I)CS[C@H]12. The van der Waals surface area contributed by atoms with Crippen molar-refractivity contribution in [2.75, 3.05) is 5.75 Å². The van der Waals surface area contributed by atoms with Crippen molar-refractivity contribution in [2.45, 2.75) is 22.7 Å². The molecule has 9 heteroatoms. The van der Waals surface area contributed by atoms with Crippen LogP contribution in [-0.2, 0) is 14.4 Å². The van der Waals surface area contributed by atoms with Gasteiger partial charge in [-0.1, -0.05) is 23.9 Å². The molecule has 0 radical (unpaired) electrons. The Bertz CT molecular complexity index is 821. The van der Waals surface area contributed by atoms with Crippen molar-refractivity contribution in [3.63, 3.8) is 0 Å². The molecule has 0 aromatic heterocycles. The van der Waals surface area contributed by atoms with Gasteiger partial charge in [-0.15, -0.1) is 11.8 Å². The quantitative estimate of drug-likeness (QED) is 0.391. The Balaban J connectivity index is 1.79. The molecule has 1 fully saturated rings. The number of fused-ring (bicyclic) bond motifs is 1. The maximum Gasteiger partial charge on any atom is 0.253 e. The highest BCUT2D eigenvalue weighted by atomic mass is 127. The molecule has 0 bridgehead atoms. The van der Waals surface area contributed by atoms with Gasteiger partial charge in [0.05, 0.1) is 11.8 Å². The van der Waals surface area contributed by atoms with E-state index in [0.29, 0.717) is 17.7 Å². The van der Waals surface area contributed by atoms with Crippen LogP contribution in [0.15, 0.2) is 39.8 Å². The zero-order valence-electron chi connectivity index (χ0n) is 12.8. The summed E-state index contributed by atoms with van der Waals surface area (Å²) in [6.07, 6.45) is 0.418. The third-order valence-corrected chi connectivity index (χ3v) is 7.66. The topological polar surface area (TPSA) is 90.3 Å². The van der Waals surface area contributed by atoms with Gasteiger partial charge in [-0.05, 0) is 34.7 Å². The van der Waals surface area contributed by atoms with Gasteiger partial charge in [0.25, 0.3) is 5.91 Å². The number of carbonyl (C=O) groups excluding carboxylic acids is 3. The zero-order valence-corrected chi connectivity index (χ0v) is 16.6. The van der Waals surface area contributed by atoms with Gasteiger partial charge in [0.2, 0.25) is 5.91 Å². The zero-order chi connectivity index (χ0) is 18.0. The van der Waals surface area contributed by atoms with Crippen LogP contribution in [-0.4, -0.2) is 40.2 Å². The van der Waals surface area contributed by atoms with Crippen molar-refractivity contribution in [2.24, 2.45) is 0 Å². The lowest BCUT2D eigenvalue weighted by atomic mass is 10.1. The van der Waals surface area contributed by atoms with Crippen molar-refractivity contribution < 1.29 is 14.4 Å². The minimum atomic E-state index is -0.677. The number of nitrogens with zero attached hydrogens (tertiary/aromatic N) is 2. The first-order chi connectivity index (χ1) is 12.1. The fourth-order valence-corrected chi connectivity index (χ4v) is 5.75. The van der Waals surface area contributed by atoms with Gasteiger partial charge >= 0.3 is 0 Å². The molecule has 2 aliphatic rings. The van der Waals surface area contributed by atoms with Crippen LogP contribution in [0.1, 0.15) is 6.42 Å². The lowest BCUT2D eigenvalue weighted by Crippen LogP contribution is -2.70. The second kappa shape index (κ2) is 7.80. The molecule has 1 aromatic carbocycles. The molecular weight excluding hydrogens is 473 g/mol. The fourth-order valence-electron chi connectivity index (χ4n) is 2.55. The minimum absolute atomic E-state index is 0.287. The molecule has 2 amide bonds. The first-order valence-corrected chi connectivity index (χ1v) is 10.2. The molecule has 2 heterocycles. The minimum Gasteiger partial charge on any atom is -0.341 e. The van der Waals surface area contributed by atoms with Gasteiger partial charge in [-0.3, -0.25) is 19.3 Å². The van der Waals surface area contributed by atoms with E-state index in [9.17, 15) is 14.4 Å². The molecule has 25 heavy (non-hydrogen) atoms. The van der Waals surface area contributed by atoms with Crippen molar-refractivity contribution in [1.82, 2.24) is 10.2 Å². The van der Waals surface area contributed by atoms with E-state index in [1.54, 1.807) is 6.07 Å². The van der Waals surface area contributed by atoms with E-state index in [-0.39, 0.29) is 17.7 Å². The first-order valence-electron chi connectivity index (χ1n) is 7.28. The number of allylic oxidation sites excluding steroid dienone is 1. The summed E-state index contributed by atoms with van der Waals surface area (Å²) < 4.78 is 1.08. The second-order valence-electron chi connectivity index (χ2n) is 5.25. The number of carbonyl (C=O) groups is 3. The highest BCUT2D eigenvalue weighted by molar-refractivity contribution is 14.1. The van der Waals surface area contributed by atoms with Gasteiger partial charge in [0.1, 0.15) is 17.8 Å². The summed E-state index contributed by atoms with van der Waals surface area (Å²) in [7, 11) is 0. The highest BCUT2D eigenvalue weighted by Gasteiger charge is 2.52. The van der Waals surface area contributed by atoms with E-state index >= 15 is 0 Å². The van der Waals surface area contributed by atoms with Crippen LogP contribution in [0.4, 0.5) is 0 Å². The van der Waals surface area contributed by atoms with E-state index in [1.165, 1.54) is 28.4 Å². The normalized spacial score (nSPS) is 21.9. The van der Waals surface area contributed by atoms with Crippen LogP contribution < -0.4 is 5.32 Å². The summed E-state index contributed by atoms with van der Waals surface area (Å²) >= 11 is 5.22. The van der Waals surface area contributed by atoms with E-state index in [4.69, 9.17) is 5.26 Å². The van der Waals surface area contributed by atoms with Crippen molar-refractivity contribution >= 4 is 64.2 Å². The molecule has 6 nitrogen and oxygen atoms in total. The molecular formula is C16H12IN3O3S2. The number of rotatable bonds is 5. The summed E-state index contributed by atoms with van der Waals surface area (Å²) in [5.74, 6) is -0.203. The Kier molecular flexibility index (Phi) is 5.71. The van der Waals surface area contributed by atoms with Crippen molar-refractivity contribution in [3.8, 4) is 6.07 Å². The molecule has 0 unspecified atom stereocenters. The van der Waals surface area contributed by atoms with E-state index in [0.717, 1.165) is 13.4 Å². The van der Waals surface area contributed by atoms with Crippen LogP contribution in [0.25, 0.3) is 0 Å². The summed E-state index contributed by atoms with van der Waals surface area (Å²) in [6.45, 7) is 0. The number of nitriles is 1. The number of thioether (sulfide) groups is 2. The summed E-state index contributed by atoms with van der Waals surface area (Å²) in [5, 5.41) is 10.8. The average Bonchev–Trinajstić information content (AvgIpc) is 2.61. The lowest BCUT2D eigenvalue weighted by molar-refractivity contribution is -0.146. The van der Waals surface area contributed by atoms with Gasteiger partial charge in [-0.2, -0.15) is 5.26 Å². The number of amides is 2. The lowest BCUT2D eigenvalue weighted by Gasteiger charge is -2.49. The maximum atomic E-state index is 12.4. The van der Waals surface area contributed by atoms with Crippen molar-refractivity contribution in [1.29, 1.82) is 5.26 Å². The number of halogens is 1. The molecule has 0 spiro atoms. The Morgan fingerprint density at radius 1 is 1.52 bits per heavy atom. The van der Waals surface area contributed by atoms with Crippen LogP contribution in [0.5, 0.6) is 0 Å². The average molecular weight is 485 g/mol. The summed E-state index contributed by atoms with van der Waals surface area (Å²) in [4.78, 5) is 38.8. The predicted octanol–water partition coefficient (Wildman–Crippen LogP) is 2.11. The summed E-state index contributed by atoms with van der Waals surface area (Å²) in [5.41, 5.74) is 0.365. The van der Waals surface area contributed by atoms with Crippen LogP contribution in [0, 0.1) is 14.9 Å². The number of nitrogens with one attached hydrogen (secondary N) is 1. The number of benzene rings is 1. The van der Waals surface area contributed by atoms with Crippen LogP contribution in [0.3, 0.4) is 0 Å². The fraction of sp³-hybridized carbons (Fsp3) is 0.250. The number of β-lactam (4-membered cyclic amide) rings is 1. The molecule has 2 atom stereocenters. The molecule has 2 aliphatic heterocycles. The van der Waals surface area contributed by atoms with Gasteiger partial charge in [0, 0.05) is 19.1 Å². The van der Waals surface area contributed by atoms with E-state index in [1.807, 2.05) is 24.3 Å².